The molecule has 0 bridgehead atoms. The van der Waals surface area contributed by atoms with Crippen LogP contribution in [0.1, 0.15) is 23.2 Å². The number of carbonyl (C=O) groups excluding carboxylic acids is 2. The number of piperidine rings is 1. The maximum atomic E-state index is 11.9. The summed E-state index contributed by atoms with van der Waals surface area (Å²) in [7, 11) is 0. The zero-order valence-corrected chi connectivity index (χ0v) is 10.0. The van der Waals surface area contributed by atoms with Crippen molar-refractivity contribution < 1.29 is 19.5 Å². The minimum atomic E-state index is -1.10. The topological polar surface area (TPSA) is 108 Å². The third-order valence-electron chi connectivity index (χ3n) is 2.89. The van der Waals surface area contributed by atoms with Crippen LogP contribution in [0.2, 0.25) is 0 Å². The molecule has 1 unspecified atom stereocenters. The van der Waals surface area contributed by atoms with Crippen molar-refractivity contribution in [3.63, 3.8) is 0 Å². The number of rotatable bonds is 3. The van der Waals surface area contributed by atoms with Crippen molar-refractivity contribution in [2.24, 2.45) is 5.92 Å². The van der Waals surface area contributed by atoms with Crippen LogP contribution in [0.25, 0.3) is 0 Å². The second kappa shape index (κ2) is 5.47. The van der Waals surface area contributed by atoms with Gasteiger partial charge in [0.25, 0.3) is 0 Å². The Morgan fingerprint density at radius 1 is 1.42 bits per heavy atom. The van der Waals surface area contributed by atoms with E-state index in [2.05, 4.69) is 15.6 Å². The summed E-state index contributed by atoms with van der Waals surface area (Å²) in [4.78, 5) is 37.4. The van der Waals surface area contributed by atoms with Gasteiger partial charge in [0.1, 0.15) is 0 Å². The summed E-state index contributed by atoms with van der Waals surface area (Å²) in [5.74, 6) is -1.71. The highest BCUT2D eigenvalue weighted by Crippen LogP contribution is 2.15. The van der Waals surface area contributed by atoms with Crippen LogP contribution in [-0.4, -0.2) is 34.4 Å². The molecule has 2 heterocycles. The number of aromatic carboxylic acids is 1. The van der Waals surface area contributed by atoms with E-state index < -0.39 is 5.97 Å². The monoisotopic (exact) mass is 263 g/mol. The molecule has 0 spiro atoms. The van der Waals surface area contributed by atoms with Crippen molar-refractivity contribution in [3.8, 4) is 0 Å². The number of hydrogen-bond donors (Lipinski definition) is 3. The van der Waals surface area contributed by atoms with Gasteiger partial charge in [-0.25, -0.2) is 4.79 Å². The molecule has 3 N–H and O–H groups in total. The average Bonchev–Trinajstić information content (AvgIpc) is 2.39. The lowest BCUT2D eigenvalue weighted by atomic mass is 9.98. The van der Waals surface area contributed by atoms with E-state index in [9.17, 15) is 14.4 Å². The number of hydrogen-bond acceptors (Lipinski definition) is 4. The van der Waals surface area contributed by atoms with Crippen LogP contribution in [0.4, 0.5) is 5.69 Å². The number of aromatic nitrogens is 1. The zero-order chi connectivity index (χ0) is 13.8. The number of carboxylic acids is 1. The van der Waals surface area contributed by atoms with Gasteiger partial charge in [-0.05, 0) is 12.5 Å². The fourth-order valence-corrected chi connectivity index (χ4v) is 1.83. The third-order valence-corrected chi connectivity index (χ3v) is 2.89. The summed E-state index contributed by atoms with van der Waals surface area (Å²) in [6.07, 6.45) is 3.40. The highest BCUT2D eigenvalue weighted by molar-refractivity contribution is 5.95. The van der Waals surface area contributed by atoms with Crippen molar-refractivity contribution in [1.29, 1.82) is 0 Å². The molecule has 1 aliphatic heterocycles. The van der Waals surface area contributed by atoms with Gasteiger partial charge in [0.05, 0.1) is 23.4 Å². The van der Waals surface area contributed by atoms with E-state index in [0.717, 1.165) is 0 Å². The van der Waals surface area contributed by atoms with Crippen molar-refractivity contribution in [1.82, 2.24) is 10.3 Å². The molecule has 1 saturated heterocycles. The molecule has 100 valence electrons. The predicted molar refractivity (Wildman–Crippen MR) is 65.6 cm³/mol. The summed E-state index contributed by atoms with van der Waals surface area (Å²) in [5.41, 5.74) is 0.344. The van der Waals surface area contributed by atoms with Crippen molar-refractivity contribution in [2.75, 3.05) is 11.9 Å². The minimum Gasteiger partial charge on any atom is -0.478 e. The molecule has 0 radical (unpaired) electrons. The maximum absolute atomic E-state index is 11.9. The molecule has 0 aromatic carbocycles. The van der Waals surface area contributed by atoms with Crippen molar-refractivity contribution >= 4 is 23.5 Å². The van der Waals surface area contributed by atoms with Gasteiger partial charge in [-0.1, -0.05) is 0 Å². The van der Waals surface area contributed by atoms with Crippen molar-refractivity contribution in [2.45, 2.75) is 12.8 Å². The Labute approximate surface area is 109 Å². The SMILES string of the molecule is O=C1CCC(C(=O)Nc2cncc(C(=O)O)c2)CN1. The average molecular weight is 263 g/mol. The normalized spacial score (nSPS) is 18.5. The fraction of sp³-hybridized carbons (Fsp3) is 0.333. The lowest BCUT2D eigenvalue weighted by Crippen LogP contribution is -2.40. The van der Waals surface area contributed by atoms with Crippen LogP contribution in [0.3, 0.4) is 0 Å². The molecule has 7 nitrogen and oxygen atoms in total. The van der Waals surface area contributed by atoms with E-state index in [0.29, 0.717) is 25.1 Å². The fourth-order valence-electron chi connectivity index (χ4n) is 1.83. The van der Waals surface area contributed by atoms with E-state index in [1.54, 1.807) is 0 Å². The maximum Gasteiger partial charge on any atom is 0.337 e. The summed E-state index contributed by atoms with van der Waals surface area (Å²) in [6.45, 7) is 0.302. The molecule has 7 heteroatoms. The van der Waals surface area contributed by atoms with Gasteiger partial charge in [0.2, 0.25) is 11.8 Å². The number of carboxylic acid groups (broad SMARTS) is 1. The molecular formula is C12H13N3O4. The first kappa shape index (κ1) is 13.0. The molecule has 0 saturated carbocycles. The predicted octanol–water partition coefficient (Wildman–Crippen LogP) is 0.244. The standard InChI is InChI=1S/C12H13N3O4/c16-10-2-1-7(5-14-10)11(17)15-9-3-8(12(18)19)4-13-6-9/h3-4,6-7H,1-2,5H2,(H,14,16)(H,15,17)(H,18,19). The highest BCUT2D eigenvalue weighted by Gasteiger charge is 2.24. The van der Waals surface area contributed by atoms with E-state index in [1.807, 2.05) is 0 Å². The molecule has 2 amide bonds. The molecule has 1 aromatic heterocycles. The summed E-state index contributed by atoms with van der Waals surface area (Å²) in [6, 6.07) is 1.34. The highest BCUT2D eigenvalue weighted by atomic mass is 16.4. The van der Waals surface area contributed by atoms with E-state index in [4.69, 9.17) is 5.11 Å². The first-order chi connectivity index (χ1) is 9.06. The van der Waals surface area contributed by atoms with E-state index in [1.165, 1.54) is 18.5 Å². The Hall–Kier alpha value is -2.44. The Kier molecular flexibility index (Phi) is 3.74. The van der Waals surface area contributed by atoms with Gasteiger partial charge in [-0.3, -0.25) is 14.6 Å². The molecule has 1 aliphatic rings. The van der Waals surface area contributed by atoms with Crippen LogP contribution in [0.15, 0.2) is 18.5 Å². The van der Waals surface area contributed by atoms with Crippen LogP contribution in [-0.2, 0) is 9.59 Å². The first-order valence-electron chi connectivity index (χ1n) is 5.82. The summed E-state index contributed by atoms with van der Waals surface area (Å²) in [5, 5.41) is 14.0. The number of pyridine rings is 1. The minimum absolute atomic E-state index is 0.00902. The Morgan fingerprint density at radius 3 is 2.84 bits per heavy atom. The second-order valence-corrected chi connectivity index (χ2v) is 4.30. The molecule has 1 fully saturated rings. The van der Waals surface area contributed by atoms with Gasteiger partial charge < -0.3 is 15.7 Å². The Bertz CT molecular complexity index is 519. The number of anilines is 1. The van der Waals surface area contributed by atoms with Crippen LogP contribution < -0.4 is 10.6 Å². The molecule has 2 rings (SSSR count). The largest absolute Gasteiger partial charge is 0.478 e. The van der Waals surface area contributed by atoms with Crippen LogP contribution in [0, 0.1) is 5.92 Å². The van der Waals surface area contributed by atoms with Crippen LogP contribution in [0.5, 0.6) is 0 Å². The van der Waals surface area contributed by atoms with E-state index >= 15 is 0 Å². The summed E-state index contributed by atoms with van der Waals surface area (Å²) >= 11 is 0. The van der Waals surface area contributed by atoms with Gasteiger partial charge in [-0.15, -0.1) is 0 Å². The lowest BCUT2D eigenvalue weighted by molar-refractivity contribution is -0.126. The van der Waals surface area contributed by atoms with Gasteiger partial charge in [0.15, 0.2) is 0 Å². The molecular weight excluding hydrogens is 250 g/mol. The van der Waals surface area contributed by atoms with E-state index in [-0.39, 0.29) is 23.3 Å². The number of amides is 2. The summed E-state index contributed by atoms with van der Waals surface area (Å²) < 4.78 is 0. The quantitative estimate of drug-likeness (QED) is 0.724. The van der Waals surface area contributed by atoms with Gasteiger partial charge in [0, 0.05) is 19.2 Å². The molecule has 0 aliphatic carbocycles. The molecule has 19 heavy (non-hydrogen) atoms. The number of carbonyl (C=O) groups is 3. The van der Waals surface area contributed by atoms with Gasteiger partial charge in [-0.2, -0.15) is 0 Å². The Morgan fingerprint density at radius 2 is 2.21 bits per heavy atom. The Balaban J connectivity index is 2.00. The van der Waals surface area contributed by atoms with Gasteiger partial charge >= 0.3 is 5.97 Å². The van der Waals surface area contributed by atoms with Crippen molar-refractivity contribution in [3.05, 3.63) is 24.0 Å². The third kappa shape index (κ3) is 3.27. The lowest BCUT2D eigenvalue weighted by Gasteiger charge is -2.21. The smallest absolute Gasteiger partial charge is 0.337 e. The number of nitrogens with one attached hydrogen (secondary N) is 2. The zero-order valence-electron chi connectivity index (χ0n) is 10.0. The molecule has 1 atom stereocenters. The van der Waals surface area contributed by atoms with Crippen LogP contribution >= 0.6 is 0 Å². The second-order valence-electron chi connectivity index (χ2n) is 4.30. The molecule has 1 aromatic rings. The number of nitrogens with zero attached hydrogens (tertiary/aromatic N) is 1. The first-order valence-corrected chi connectivity index (χ1v) is 5.82.